The lowest BCUT2D eigenvalue weighted by Gasteiger charge is -2.21. The molecule has 2 atom stereocenters. The number of hydrogen-bond donors (Lipinski definition) is 0. The Balaban J connectivity index is 1.70. The Morgan fingerprint density at radius 2 is 1.12 bits per heavy atom. The standard InChI is InChI=1S/C28H52Cl2O2/c29-24-28(30)26(25-31)20-16-13-11-9-7-5-3-1-2-4-6-8-10-12-14-19-23-32-27-21-17-15-18-22-27/h25-28H,1-24H2. The summed E-state index contributed by atoms with van der Waals surface area (Å²) < 4.78 is 6.01. The van der Waals surface area contributed by atoms with Crippen molar-refractivity contribution in [2.24, 2.45) is 5.92 Å². The fourth-order valence-electron chi connectivity index (χ4n) is 4.89. The first kappa shape index (κ1) is 30.2. The summed E-state index contributed by atoms with van der Waals surface area (Å²) in [7, 11) is 0. The van der Waals surface area contributed by atoms with Crippen molar-refractivity contribution in [1.82, 2.24) is 0 Å². The number of hydrogen-bond acceptors (Lipinski definition) is 2. The zero-order valence-corrected chi connectivity index (χ0v) is 22.4. The van der Waals surface area contributed by atoms with Gasteiger partial charge in [0.1, 0.15) is 6.29 Å². The fourth-order valence-corrected chi connectivity index (χ4v) is 5.30. The number of ether oxygens (including phenoxy) is 1. The number of alkyl halides is 2. The van der Waals surface area contributed by atoms with Crippen LogP contribution in [0.15, 0.2) is 0 Å². The van der Waals surface area contributed by atoms with Gasteiger partial charge in [-0.2, -0.15) is 0 Å². The molecule has 1 saturated carbocycles. The number of unbranched alkanes of at least 4 members (excludes halogenated alkanes) is 15. The molecule has 0 aliphatic heterocycles. The van der Waals surface area contributed by atoms with Crippen molar-refractivity contribution < 1.29 is 9.53 Å². The van der Waals surface area contributed by atoms with Gasteiger partial charge in [-0.05, 0) is 25.7 Å². The van der Waals surface area contributed by atoms with Crippen LogP contribution in [0.25, 0.3) is 0 Å². The molecule has 0 bridgehead atoms. The van der Waals surface area contributed by atoms with Gasteiger partial charge in [0.05, 0.1) is 11.5 Å². The molecule has 2 unspecified atom stereocenters. The van der Waals surface area contributed by atoms with Crippen LogP contribution in [-0.4, -0.2) is 30.3 Å². The van der Waals surface area contributed by atoms with E-state index in [1.165, 1.54) is 128 Å². The zero-order valence-electron chi connectivity index (χ0n) is 20.9. The summed E-state index contributed by atoms with van der Waals surface area (Å²) in [5, 5.41) is -0.204. The third-order valence-corrected chi connectivity index (χ3v) is 8.09. The highest BCUT2D eigenvalue weighted by atomic mass is 35.5. The minimum atomic E-state index is -0.204. The van der Waals surface area contributed by atoms with Crippen molar-refractivity contribution in [2.75, 3.05) is 12.5 Å². The van der Waals surface area contributed by atoms with Gasteiger partial charge in [-0.1, -0.05) is 116 Å². The summed E-state index contributed by atoms with van der Waals surface area (Å²) in [5.41, 5.74) is 0. The summed E-state index contributed by atoms with van der Waals surface area (Å²) in [6.45, 7) is 0.994. The van der Waals surface area contributed by atoms with Crippen LogP contribution in [0.2, 0.25) is 0 Å². The van der Waals surface area contributed by atoms with Gasteiger partial charge in [-0.25, -0.2) is 0 Å². The lowest BCUT2D eigenvalue weighted by Crippen LogP contribution is -2.17. The molecule has 2 nitrogen and oxygen atoms in total. The normalized spacial score (nSPS) is 16.8. The molecule has 0 aromatic carbocycles. The SMILES string of the molecule is O=CC(CCCCCCCCCCCCCCCCCCOC1CCCCC1)C(Cl)CCl. The summed E-state index contributed by atoms with van der Waals surface area (Å²) in [6, 6.07) is 0. The first-order valence-electron chi connectivity index (χ1n) is 14.0. The van der Waals surface area contributed by atoms with Gasteiger partial charge in [0.15, 0.2) is 0 Å². The molecule has 32 heavy (non-hydrogen) atoms. The van der Waals surface area contributed by atoms with Crippen molar-refractivity contribution in [3.63, 3.8) is 0 Å². The Labute approximate surface area is 209 Å². The van der Waals surface area contributed by atoms with Crippen LogP contribution in [0.3, 0.4) is 0 Å². The molecule has 1 rings (SSSR count). The summed E-state index contributed by atoms with van der Waals surface area (Å²) >= 11 is 11.8. The summed E-state index contributed by atoms with van der Waals surface area (Å²) in [4.78, 5) is 11.0. The lowest BCUT2D eigenvalue weighted by molar-refractivity contribution is -0.111. The zero-order chi connectivity index (χ0) is 23.1. The Morgan fingerprint density at radius 1 is 0.688 bits per heavy atom. The molecule has 1 aliphatic carbocycles. The minimum Gasteiger partial charge on any atom is -0.378 e. The molecule has 4 heteroatoms. The lowest BCUT2D eigenvalue weighted by atomic mass is 9.98. The number of carbonyl (C=O) groups excluding carboxylic acids is 1. The average molecular weight is 492 g/mol. The average Bonchev–Trinajstić information content (AvgIpc) is 2.83. The highest BCUT2D eigenvalue weighted by Crippen LogP contribution is 2.21. The van der Waals surface area contributed by atoms with E-state index in [-0.39, 0.29) is 11.3 Å². The van der Waals surface area contributed by atoms with Gasteiger partial charge in [0.25, 0.3) is 0 Å². The minimum absolute atomic E-state index is 0.0697. The Hall–Kier alpha value is 0.210. The Morgan fingerprint density at radius 3 is 1.56 bits per heavy atom. The van der Waals surface area contributed by atoms with Crippen molar-refractivity contribution in [2.45, 2.75) is 153 Å². The molecule has 1 fully saturated rings. The van der Waals surface area contributed by atoms with E-state index in [0.717, 1.165) is 25.7 Å². The molecule has 1 aliphatic rings. The number of aldehydes is 1. The number of rotatable bonds is 23. The van der Waals surface area contributed by atoms with Gasteiger partial charge in [-0.15, -0.1) is 23.2 Å². The third kappa shape index (κ3) is 17.7. The van der Waals surface area contributed by atoms with Gasteiger partial charge < -0.3 is 9.53 Å². The van der Waals surface area contributed by atoms with Crippen molar-refractivity contribution >= 4 is 29.5 Å². The van der Waals surface area contributed by atoms with E-state index >= 15 is 0 Å². The highest BCUT2D eigenvalue weighted by molar-refractivity contribution is 6.28. The molecule has 0 aromatic rings. The second-order valence-electron chi connectivity index (χ2n) is 10.0. The maximum Gasteiger partial charge on any atom is 0.124 e. The Bertz CT molecular complexity index is 399. The van der Waals surface area contributed by atoms with Crippen molar-refractivity contribution in [3.05, 3.63) is 0 Å². The van der Waals surface area contributed by atoms with Crippen LogP contribution in [0, 0.1) is 5.92 Å². The fraction of sp³-hybridized carbons (Fsp3) is 0.964. The van der Waals surface area contributed by atoms with E-state index in [1.807, 2.05) is 0 Å². The molecular formula is C28H52Cl2O2. The monoisotopic (exact) mass is 490 g/mol. The number of halogens is 2. The maximum absolute atomic E-state index is 11.0. The van der Waals surface area contributed by atoms with E-state index in [2.05, 4.69) is 0 Å². The van der Waals surface area contributed by atoms with Crippen LogP contribution in [0.4, 0.5) is 0 Å². The van der Waals surface area contributed by atoms with Crippen molar-refractivity contribution in [1.29, 1.82) is 0 Å². The first-order chi connectivity index (χ1) is 15.8. The Kier molecular flexibility index (Phi) is 21.7. The molecule has 0 aromatic heterocycles. The second-order valence-corrected chi connectivity index (χ2v) is 10.9. The predicted octanol–water partition coefficient (Wildman–Crippen LogP) is 9.63. The highest BCUT2D eigenvalue weighted by Gasteiger charge is 2.17. The first-order valence-corrected chi connectivity index (χ1v) is 15.0. The number of carbonyl (C=O) groups is 1. The van der Waals surface area contributed by atoms with E-state index in [4.69, 9.17) is 27.9 Å². The smallest absolute Gasteiger partial charge is 0.124 e. The third-order valence-electron chi connectivity index (χ3n) is 7.12. The van der Waals surface area contributed by atoms with Crippen LogP contribution in [0.5, 0.6) is 0 Å². The van der Waals surface area contributed by atoms with Gasteiger partial charge in [0.2, 0.25) is 0 Å². The van der Waals surface area contributed by atoms with Gasteiger partial charge in [-0.3, -0.25) is 0 Å². The second kappa shape index (κ2) is 23.0. The quantitative estimate of drug-likeness (QED) is 0.0808. The molecule has 0 saturated heterocycles. The molecule has 0 spiro atoms. The van der Waals surface area contributed by atoms with Crippen molar-refractivity contribution in [3.8, 4) is 0 Å². The van der Waals surface area contributed by atoms with E-state index in [1.54, 1.807) is 0 Å². The van der Waals surface area contributed by atoms with Crippen LogP contribution >= 0.6 is 23.2 Å². The van der Waals surface area contributed by atoms with E-state index in [9.17, 15) is 4.79 Å². The van der Waals surface area contributed by atoms with Crippen LogP contribution in [-0.2, 0) is 9.53 Å². The predicted molar refractivity (Wildman–Crippen MR) is 141 cm³/mol. The molecule has 0 amide bonds. The summed E-state index contributed by atoms with van der Waals surface area (Å²) in [6.07, 6.45) is 30.8. The van der Waals surface area contributed by atoms with E-state index < -0.39 is 0 Å². The molecule has 0 radical (unpaired) electrons. The van der Waals surface area contributed by atoms with Gasteiger partial charge in [0, 0.05) is 18.4 Å². The van der Waals surface area contributed by atoms with E-state index in [0.29, 0.717) is 12.0 Å². The van der Waals surface area contributed by atoms with Gasteiger partial charge >= 0.3 is 0 Å². The van der Waals surface area contributed by atoms with Crippen LogP contribution < -0.4 is 0 Å². The molecule has 190 valence electrons. The molecule has 0 N–H and O–H groups in total. The maximum atomic E-state index is 11.0. The largest absolute Gasteiger partial charge is 0.378 e. The van der Waals surface area contributed by atoms with Crippen LogP contribution in [0.1, 0.15) is 141 Å². The summed E-state index contributed by atoms with van der Waals surface area (Å²) in [5.74, 6) is 0.293. The topological polar surface area (TPSA) is 26.3 Å². The molecule has 0 heterocycles. The molecular weight excluding hydrogens is 439 g/mol.